The van der Waals surface area contributed by atoms with Crippen LogP contribution in [0, 0.1) is 0 Å². The molecule has 1 saturated carbocycles. The maximum absolute atomic E-state index is 13.5. The van der Waals surface area contributed by atoms with Gasteiger partial charge in [-0.2, -0.15) is 0 Å². The van der Waals surface area contributed by atoms with Gasteiger partial charge in [-0.15, -0.1) is 0 Å². The van der Waals surface area contributed by atoms with Crippen molar-refractivity contribution < 1.29 is 28.7 Å². The lowest BCUT2D eigenvalue weighted by Crippen LogP contribution is -2.52. The summed E-state index contributed by atoms with van der Waals surface area (Å²) in [4.78, 5) is 51.7. The van der Waals surface area contributed by atoms with E-state index >= 15 is 0 Å². The SMILES string of the molecule is CC(C)(C)OC(=O)NC1CCC(N[C@H](CC=C2CCOCC2)c2cccc3c2CN([C@@H]2CCC(=O)NC2=O)C3=O)CC1. The highest BCUT2D eigenvalue weighted by Crippen LogP contribution is 2.35. The van der Waals surface area contributed by atoms with Crippen LogP contribution in [0.4, 0.5) is 4.79 Å². The molecule has 4 amide bonds. The summed E-state index contributed by atoms with van der Waals surface area (Å²) in [5.74, 6) is -0.844. The van der Waals surface area contributed by atoms with Gasteiger partial charge in [0.1, 0.15) is 11.6 Å². The Bertz CT molecular complexity index is 1220. The van der Waals surface area contributed by atoms with Crippen LogP contribution in [0.15, 0.2) is 29.8 Å². The predicted molar refractivity (Wildman–Crippen MR) is 157 cm³/mol. The average molecular weight is 581 g/mol. The van der Waals surface area contributed by atoms with Crippen LogP contribution < -0.4 is 16.0 Å². The molecule has 2 atom stereocenters. The van der Waals surface area contributed by atoms with Crippen molar-refractivity contribution in [1.29, 1.82) is 0 Å². The minimum absolute atomic E-state index is 0.00910. The molecule has 0 spiro atoms. The molecule has 4 aliphatic rings. The van der Waals surface area contributed by atoms with Crippen LogP contribution in [0.3, 0.4) is 0 Å². The molecule has 1 aliphatic carbocycles. The molecule has 10 heteroatoms. The number of nitrogens with zero attached hydrogens (tertiary/aromatic N) is 1. The van der Waals surface area contributed by atoms with E-state index in [0.29, 0.717) is 18.5 Å². The smallest absolute Gasteiger partial charge is 0.407 e. The molecule has 3 fully saturated rings. The number of carbonyl (C=O) groups is 4. The van der Waals surface area contributed by atoms with E-state index < -0.39 is 17.6 Å². The van der Waals surface area contributed by atoms with Crippen molar-refractivity contribution in [2.75, 3.05) is 13.2 Å². The third-order valence-corrected chi connectivity index (χ3v) is 8.66. The topological polar surface area (TPSA) is 126 Å². The van der Waals surface area contributed by atoms with Crippen molar-refractivity contribution in [2.24, 2.45) is 0 Å². The zero-order valence-electron chi connectivity index (χ0n) is 25.0. The maximum atomic E-state index is 13.5. The standard InChI is InChI=1S/C32H44N4O6/c1-32(2,3)42-31(40)34-22-10-8-21(9-11-22)33-26(12-7-20-15-17-41-18-16-20)23-5-4-6-24-25(23)19-36(30(24)39)27-13-14-28(37)35-29(27)38/h4-7,21-22,26-27,33H,8-19H2,1-3H3,(H,34,40)(H,35,37,38)/t21?,22?,26-,27-/m1/s1. The Morgan fingerprint density at radius 2 is 1.79 bits per heavy atom. The first kappa shape index (κ1) is 30.2. The van der Waals surface area contributed by atoms with Crippen molar-refractivity contribution in [2.45, 2.75) is 115 Å². The molecule has 1 aromatic rings. The molecule has 5 rings (SSSR count). The maximum Gasteiger partial charge on any atom is 0.407 e. The summed E-state index contributed by atoms with van der Waals surface area (Å²) < 4.78 is 11.0. The summed E-state index contributed by atoms with van der Waals surface area (Å²) in [5, 5.41) is 9.32. The largest absolute Gasteiger partial charge is 0.444 e. The molecule has 0 bridgehead atoms. The number of carbonyl (C=O) groups excluding carboxylic acids is 4. The fourth-order valence-corrected chi connectivity index (χ4v) is 6.51. The van der Waals surface area contributed by atoms with Crippen LogP contribution in [0.25, 0.3) is 0 Å². The van der Waals surface area contributed by atoms with Crippen LogP contribution in [0.1, 0.15) is 106 Å². The second-order valence-electron chi connectivity index (χ2n) is 12.9. The molecule has 3 aliphatic heterocycles. The quantitative estimate of drug-likeness (QED) is 0.328. The number of imide groups is 1. The normalized spacial score (nSPS) is 25.5. The lowest BCUT2D eigenvalue weighted by molar-refractivity contribution is -0.136. The highest BCUT2D eigenvalue weighted by molar-refractivity contribution is 6.05. The number of alkyl carbamates (subject to hydrolysis) is 1. The van der Waals surface area contributed by atoms with Crippen molar-refractivity contribution >= 4 is 23.8 Å². The molecule has 10 nitrogen and oxygen atoms in total. The van der Waals surface area contributed by atoms with Crippen molar-refractivity contribution in [3.8, 4) is 0 Å². The Morgan fingerprint density at radius 1 is 1.07 bits per heavy atom. The number of benzene rings is 1. The van der Waals surface area contributed by atoms with Crippen LogP contribution in [0.2, 0.25) is 0 Å². The van der Waals surface area contributed by atoms with Crippen LogP contribution in [-0.4, -0.2) is 65.7 Å². The molecule has 2 saturated heterocycles. The molecule has 0 unspecified atom stereocenters. The third-order valence-electron chi connectivity index (χ3n) is 8.66. The predicted octanol–water partition coefficient (Wildman–Crippen LogP) is 4.04. The second kappa shape index (κ2) is 13.0. The van der Waals surface area contributed by atoms with E-state index in [1.807, 2.05) is 32.9 Å². The Balaban J connectivity index is 1.30. The van der Waals surface area contributed by atoms with Gasteiger partial charge < -0.3 is 25.0 Å². The molecular formula is C32H44N4O6. The molecule has 1 aromatic carbocycles. The zero-order chi connectivity index (χ0) is 29.9. The fourth-order valence-electron chi connectivity index (χ4n) is 6.51. The minimum atomic E-state index is -0.640. The zero-order valence-corrected chi connectivity index (χ0v) is 25.0. The monoisotopic (exact) mass is 580 g/mol. The van der Waals surface area contributed by atoms with Crippen LogP contribution in [0.5, 0.6) is 0 Å². The van der Waals surface area contributed by atoms with Gasteiger partial charge in [0, 0.05) is 36.7 Å². The van der Waals surface area contributed by atoms with E-state index in [2.05, 4.69) is 28.1 Å². The van der Waals surface area contributed by atoms with Crippen molar-refractivity contribution in [3.63, 3.8) is 0 Å². The Labute approximate surface area is 247 Å². The summed E-state index contributed by atoms with van der Waals surface area (Å²) >= 11 is 0. The van der Waals surface area contributed by atoms with Crippen LogP contribution in [-0.2, 0) is 25.6 Å². The summed E-state index contributed by atoms with van der Waals surface area (Å²) in [5.41, 5.74) is 3.53. The number of piperidine rings is 1. The fraction of sp³-hybridized carbons (Fsp3) is 0.625. The summed E-state index contributed by atoms with van der Waals surface area (Å²) in [6.45, 7) is 7.43. The lowest BCUT2D eigenvalue weighted by Gasteiger charge is -2.33. The second-order valence-corrected chi connectivity index (χ2v) is 12.9. The van der Waals surface area contributed by atoms with Crippen molar-refractivity contribution in [3.05, 3.63) is 46.5 Å². The number of rotatable bonds is 7. The van der Waals surface area contributed by atoms with Gasteiger partial charge in [-0.05, 0) is 89.3 Å². The molecule has 3 N–H and O–H groups in total. The average Bonchev–Trinajstić information content (AvgIpc) is 3.27. The first-order valence-corrected chi connectivity index (χ1v) is 15.3. The van der Waals surface area contributed by atoms with Gasteiger partial charge in [0.05, 0.1) is 13.2 Å². The highest BCUT2D eigenvalue weighted by atomic mass is 16.6. The van der Waals surface area contributed by atoms with E-state index in [1.165, 1.54) is 5.57 Å². The van der Waals surface area contributed by atoms with E-state index in [9.17, 15) is 19.2 Å². The molecule has 0 aromatic heterocycles. The molecule has 42 heavy (non-hydrogen) atoms. The Hall–Kier alpha value is -3.24. The highest BCUT2D eigenvalue weighted by Gasteiger charge is 2.40. The summed E-state index contributed by atoms with van der Waals surface area (Å²) in [7, 11) is 0. The third kappa shape index (κ3) is 7.39. The van der Waals surface area contributed by atoms with E-state index in [4.69, 9.17) is 9.47 Å². The lowest BCUT2D eigenvalue weighted by atomic mass is 9.88. The van der Waals surface area contributed by atoms with E-state index in [1.54, 1.807) is 4.90 Å². The number of hydrogen-bond acceptors (Lipinski definition) is 7. The van der Waals surface area contributed by atoms with Gasteiger partial charge in [-0.3, -0.25) is 19.7 Å². The first-order valence-electron chi connectivity index (χ1n) is 15.3. The van der Waals surface area contributed by atoms with Gasteiger partial charge >= 0.3 is 6.09 Å². The van der Waals surface area contributed by atoms with E-state index in [-0.39, 0.29) is 42.5 Å². The number of fused-ring (bicyclic) bond motifs is 1. The van der Waals surface area contributed by atoms with Gasteiger partial charge in [0.2, 0.25) is 11.8 Å². The number of nitrogens with one attached hydrogen (secondary N) is 3. The van der Waals surface area contributed by atoms with Crippen LogP contribution >= 0.6 is 0 Å². The first-order chi connectivity index (χ1) is 20.1. The van der Waals surface area contributed by atoms with Crippen molar-refractivity contribution in [1.82, 2.24) is 20.9 Å². The Morgan fingerprint density at radius 3 is 2.48 bits per heavy atom. The minimum Gasteiger partial charge on any atom is -0.444 e. The number of amides is 4. The Kier molecular flexibility index (Phi) is 9.32. The molecular weight excluding hydrogens is 536 g/mol. The van der Waals surface area contributed by atoms with Gasteiger partial charge in [-0.25, -0.2) is 4.79 Å². The summed E-state index contributed by atoms with van der Waals surface area (Å²) in [6, 6.07) is 5.56. The molecule has 3 heterocycles. The van der Waals surface area contributed by atoms with Gasteiger partial charge in [-0.1, -0.05) is 23.8 Å². The summed E-state index contributed by atoms with van der Waals surface area (Å²) in [6.07, 6.45) is 8.73. The van der Waals surface area contributed by atoms with Gasteiger partial charge in [0.15, 0.2) is 0 Å². The number of ether oxygens (including phenoxy) is 2. The van der Waals surface area contributed by atoms with E-state index in [0.717, 1.165) is 69.3 Å². The molecule has 228 valence electrons. The molecule has 0 radical (unpaired) electrons. The van der Waals surface area contributed by atoms with Gasteiger partial charge in [0.25, 0.3) is 5.91 Å². The number of hydrogen-bond donors (Lipinski definition) is 3.